The van der Waals surface area contributed by atoms with Crippen molar-refractivity contribution >= 4 is 17.6 Å². The van der Waals surface area contributed by atoms with Crippen LogP contribution in [0.4, 0.5) is 5.69 Å². The lowest BCUT2D eigenvalue weighted by Crippen LogP contribution is -2.37. The lowest BCUT2D eigenvalue weighted by atomic mass is 10.1. The molecule has 5 nitrogen and oxygen atoms in total. The summed E-state index contributed by atoms with van der Waals surface area (Å²) in [5.41, 5.74) is 1.99. The van der Waals surface area contributed by atoms with Crippen molar-refractivity contribution in [2.45, 2.75) is 38.4 Å². The Morgan fingerprint density at radius 1 is 1.25 bits per heavy atom. The zero-order valence-corrected chi connectivity index (χ0v) is 11.7. The summed E-state index contributed by atoms with van der Waals surface area (Å²) in [5, 5.41) is 8.88. The summed E-state index contributed by atoms with van der Waals surface area (Å²) in [6.07, 6.45) is 0.262. The minimum Gasteiger partial charge on any atom is -0.479 e. The van der Waals surface area contributed by atoms with Crippen molar-refractivity contribution in [3.8, 4) is 0 Å². The van der Waals surface area contributed by atoms with Crippen LogP contribution in [0.2, 0.25) is 0 Å². The van der Waals surface area contributed by atoms with Crippen LogP contribution in [0.3, 0.4) is 0 Å². The summed E-state index contributed by atoms with van der Waals surface area (Å²) < 4.78 is 5.28. The van der Waals surface area contributed by atoms with Gasteiger partial charge in [0.1, 0.15) is 6.10 Å². The van der Waals surface area contributed by atoms with E-state index in [0.29, 0.717) is 12.8 Å². The number of anilines is 1. The van der Waals surface area contributed by atoms with Crippen molar-refractivity contribution in [1.29, 1.82) is 0 Å². The Hall–Kier alpha value is -1.88. The molecule has 0 aromatic heterocycles. The fourth-order valence-corrected chi connectivity index (χ4v) is 2.30. The van der Waals surface area contributed by atoms with Crippen molar-refractivity contribution in [2.75, 3.05) is 11.9 Å². The predicted octanol–water partition coefficient (Wildman–Crippen LogP) is 1.84. The molecule has 1 saturated heterocycles. The Morgan fingerprint density at radius 2 is 1.85 bits per heavy atom. The second-order valence-electron chi connectivity index (χ2n) is 4.95. The van der Waals surface area contributed by atoms with Gasteiger partial charge in [-0.2, -0.15) is 0 Å². The molecule has 2 atom stereocenters. The van der Waals surface area contributed by atoms with E-state index in [9.17, 15) is 9.59 Å². The molecule has 1 aliphatic heterocycles. The van der Waals surface area contributed by atoms with E-state index in [1.54, 1.807) is 7.05 Å². The van der Waals surface area contributed by atoms with Crippen molar-refractivity contribution in [3.63, 3.8) is 0 Å². The van der Waals surface area contributed by atoms with Crippen LogP contribution in [0.25, 0.3) is 0 Å². The Bertz CT molecular complexity index is 497. The highest BCUT2D eigenvalue weighted by Gasteiger charge is 2.36. The predicted molar refractivity (Wildman–Crippen MR) is 74.8 cm³/mol. The fraction of sp³-hybridized carbons (Fsp3) is 0.467. The smallest absolute Gasteiger partial charge is 0.332 e. The average molecular weight is 277 g/mol. The van der Waals surface area contributed by atoms with Gasteiger partial charge < -0.3 is 14.7 Å². The topological polar surface area (TPSA) is 66.8 Å². The van der Waals surface area contributed by atoms with Gasteiger partial charge in [0.2, 0.25) is 0 Å². The third-order valence-corrected chi connectivity index (χ3v) is 3.63. The molecule has 5 heteroatoms. The van der Waals surface area contributed by atoms with Crippen molar-refractivity contribution in [3.05, 3.63) is 29.8 Å². The molecule has 2 rings (SSSR count). The molecule has 1 aromatic carbocycles. The summed E-state index contributed by atoms with van der Waals surface area (Å²) in [7, 11) is 1.68. The first-order valence-electron chi connectivity index (χ1n) is 6.77. The number of nitrogens with zero attached hydrogens (tertiary/aromatic N) is 1. The van der Waals surface area contributed by atoms with E-state index >= 15 is 0 Å². The van der Waals surface area contributed by atoms with Gasteiger partial charge in [0, 0.05) is 12.7 Å². The van der Waals surface area contributed by atoms with E-state index in [0.717, 1.165) is 12.1 Å². The molecular formula is C15H19NO4. The number of aryl methyl sites for hydroxylation is 1. The molecule has 1 amide bonds. The number of carboxylic acids is 1. The van der Waals surface area contributed by atoms with Crippen LogP contribution in [0.5, 0.6) is 0 Å². The molecule has 0 radical (unpaired) electrons. The molecular weight excluding hydrogens is 258 g/mol. The average Bonchev–Trinajstić information content (AvgIpc) is 2.96. The summed E-state index contributed by atoms with van der Waals surface area (Å²) in [6, 6.07) is 7.74. The summed E-state index contributed by atoms with van der Waals surface area (Å²) in [6.45, 7) is 2.07. The van der Waals surface area contributed by atoms with Crippen molar-refractivity contribution < 1.29 is 19.4 Å². The molecule has 0 spiro atoms. The SMILES string of the molecule is CCc1ccc(N(C)C(=O)C2CCC(C(=O)O)O2)cc1. The highest BCUT2D eigenvalue weighted by molar-refractivity contribution is 5.96. The molecule has 0 saturated carbocycles. The van der Waals surface area contributed by atoms with E-state index in [1.807, 2.05) is 24.3 Å². The number of carbonyl (C=O) groups excluding carboxylic acids is 1. The highest BCUT2D eigenvalue weighted by Crippen LogP contribution is 2.23. The number of aliphatic carboxylic acids is 1. The number of benzene rings is 1. The van der Waals surface area contributed by atoms with Crippen LogP contribution < -0.4 is 4.90 Å². The Kier molecular flexibility index (Phi) is 4.39. The molecule has 1 N–H and O–H groups in total. The van der Waals surface area contributed by atoms with Gasteiger partial charge in [0.05, 0.1) is 0 Å². The van der Waals surface area contributed by atoms with Gasteiger partial charge in [0.15, 0.2) is 6.10 Å². The van der Waals surface area contributed by atoms with Gasteiger partial charge in [-0.1, -0.05) is 19.1 Å². The molecule has 1 aromatic rings. The third kappa shape index (κ3) is 2.99. The van der Waals surface area contributed by atoms with Gasteiger partial charge >= 0.3 is 5.97 Å². The van der Waals surface area contributed by atoms with E-state index in [-0.39, 0.29) is 5.91 Å². The number of amides is 1. The molecule has 1 fully saturated rings. The van der Waals surface area contributed by atoms with Gasteiger partial charge in [0.25, 0.3) is 5.91 Å². The number of ether oxygens (including phenoxy) is 1. The third-order valence-electron chi connectivity index (χ3n) is 3.63. The van der Waals surface area contributed by atoms with Crippen LogP contribution >= 0.6 is 0 Å². The lowest BCUT2D eigenvalue weighted by molar-refractivity contribution is -0.151. The largest absolute Gasteiger partial charge is 0.479 e. The number of likely N-dealkylation sites (N-methyl/N-ethyl adjacent to an activating group) is 1. The molecule has 1 heterocycles. The number of hydrogen-bond acceptors (Lipinski definition) is 3. The van der Waals surface area contributed by atoms with Gasteiger partial charge in [-0.3, -0.25) is 4.79 Å². The quantitative estimate of drug-likeness (QED) is 0.912. The second kappa shape index (κ2) is 6.05. The van der Waals surface area contributed by atoms with Crippen molar-refractivity contribution in [1.82, 2.24) is 0 Å². The maximum absolute atomic E-state index is 12.3. The fourth-order valence-electron chi connectivity index (χ4n) is 2.30. The highest BCUT2D eigenvalue weighted by atomic mass is 16.5. The molecule has 1 aliphatic rings. The number of rotatable bonds is 4. The normalized spacial score (nSPS) is 21.7. The first kappa shape index (κ1) is 14.5. The standard InChI is InChI=1S/C15H19NO4/c1-3-10-4-6-11(7-5-10)16(2)14(17)12-8-9-13(20-12)15(18)19/h4-7,12-13H,3,8-9H2,1-2H3,(H,18,19). The minimum atomic E-state index is -1.00. The molecule has 2 unspecified atom stereocenters. The number of hydrogen-bond donors (Lipinski definition) is 1. The number of carboxylic acid groups (broad SMARTS) is 1. The van der Waals surface area contributed by atoms with Crippen molar-refractivity contribution in [2.24, 2.45) is 0 Å². The van der Waals surface area contributed by atoms with Crippen LogP contribution in [0, 0.1) is 0 Å². The Balaban J connectivity index is 2.03. The minimum absolute atomic E-state index is 0.196. The van der Waals surface area contributed by atoms with Crippen LogP contribution in [0.15, 0.2) is 24.3 Å². The maximum atomic E-state index is 12.3. The van der Waals surface area contributed by atoms with Gasteiger partial charge in [-0.05, 0) is 37.0 Å². The maximum Gasteiger partial charge on any atom is 0.332 e. The first-order chi connectivity index (χ1) is 9.52. The Morgan fingerprint density at radius 3 is 2.35 bits per heavy atom. The van der Waals surface area contributed by atoms with Gasteiger partial charge in [-0.25, -0.2) is 4.79 Å². The van der Waals surface area contributed by atoms with E-state index < -0.39 is 18.2 Å². The van der Waals surface area contributed by atoms with E-state index in [1.165, 1.54) is 10.5 Å². The van der Waals surface area contributed by atoms with E-state index in [2.05, 4.69) is 6.92 Å². The molecule has 0 aliphatic carbocycles. The summed E-state index contributed by atoms with van der Waals surface area (Å²) >= 11 is 0. The number of carbonyl (C=O) groups is 2. The zero-order valence-electron chi connectivity index (χ0n) is 11.7. The van der Waals surface area contributed by atoms with Crippen LogP contribution in [-0.2, 0) is 20.7 Å². The monoisotopic (exact) mass is 277 g/mol. The summed E-state index contributed by atoms with van der Waals surface area (Å²) in [5.74, 6) is -1.20. The zero-order chi connectivity index (χ0) is 14.7. The lowest BCUT2D eigenvalue weighted by Gasteiger charge is -2.21. The summed E-state index contributed by atoms with van der Waals surface area (Å²) in [4.78, 5) is 24.6. The Labute approximate surface area is 118 Å². The molecule has 108 valence electrons. The first-order valence-corrected chi connectivity index (χ1v) is 6.77. The molecule has 20 heavy (non-hydrogen) atoms. The second-order valence-corrected chi connectivity index (χ2v) is 4.95. The molecule has 0 bridgehead atoms. The van der Waals surface area contributed by atoms with Crippen LogP contribution in [-0.4, -0.2) is 36.2 Å². The van der Waals surface area contributed by atoms with E-state index in [4.69, 9.17) is 9.84 Å². The van der Waals surface area contributed by atoms with Gasteiger partial charge in [-0.15, -0.1) is 0 Å². The van der Waals surface area contributed by atoms with Crippen LogP contribution in [0.1, 0.15) is 25.3 Å².